The van der Waals surface area contributed by atoms with Crippen molar-refractivity contribution in [1.82, 2.24) is 4.72 Å². The predicted octanol–water partition coefficient (Wildman–Crippen LogP) is 3.63. The van der Waals surface area contributed by atoms with Crippen LogP contribution in [0.2, 0.25) is 0 Å². The molecule has 1 aromatic rings. The maximum Gasteiger partial charge on any atom is 0.348 e. The van der Waals surface area contributed by atoms with E-state index in [1.165, 1.54) is 11.3 Å². The average Bonchev–Trinajstić information content (AvgIpc) is 2.56. The van der Waals surface area contributed by atoms with Crippen LogP contribution in [-0.2, 0) is 4.74 Å². The summed E-state index contributed by atoms with van der Waals surface area (Å²) >= 11 is 3.04. The van der Waals surface area contributed by atoms with Crippen molar-refractivity contribution in [2.45, 2.75) is 45.1 Å². The van der Waals surface area contributed by atoms with E-state index in [9.17, 15) is 4.79 Å². The Morgan fingerprint density at radius 2 is 2.18 bits per heavy atom. The summed E-state index contributed by atoms with van der Waals surface area (Å²) in [4.78, 5) is 14.5. The molecule has 0 aliphatic rings. The summed E-state index contributed by atoms with van der Waals surface area (Å²) in [6.07, 6.45) is 0. The lowest BCUT2D eigenvalue weighted by molar-refractivity contribution is 0.0532. The molecule has 96 valence electrons. The number of carbonyl (C=O) groups is 1. The molecule has 0 unspecified atom stereocenters. The van der Waals surface area contributed by atoms with Gasteiger partial charge in [-0.05, 0) is 52.6 Å². The second kappa shape index (κ2) is 5.89. The molecule has 5 heteroatoms. The van der Waals surface area contributed by atoms with Crippen molar-refractivity contribution in [3.05, 3.63) is 15.8 Å². The van der Waals surface area contributed by atoms with Crippen molar-refractivity contribution >= 4 is 29.3 Å². The van der Waals surface area contributed by atoms with Crippen molar-refractivity contribution in [3.63, 3.8) is 0 Å². The van der Waals surface area contributed by atoms with Gasteiger partial charge in [-0.15, -0.1) is 11.3 Å². The molecule has 0 aliphatic carbocycles. The molecule has 0 fully saturated rings. The van der Waals surface area contributed by atoms with Gasteiger partial charge < -0.3 is 4.74 Å². The molecule has 1 aromatic heterocycles. The first kappa shape index (κ1) is 14.5. The van der Waals surface area contributed by atoms with E-state index in [0.717, 1.165) is 9.77 Å². The first-order valence-electron chi connectivity index (χ1n) is 5.55. The fourth-order valence-corrected chi connectivity index (χ4v) is 2.95. The van der Waals surface area contributed by atoms with Gasteiger partial charge in [-0.1, -0.05) is 0 Å². The normalized spacial score (nSPS) is 11.6. The van der Waals surface area contributed by atoms with Gasteiger partial charge in [0.15, 0.2) is 0 Å². The third-order valence-electron chi connectivity index (χ3n) is 1.82. The highest BCUT2D eigenvalue weighted by Crippen LogP contribution is 2.30. The molecule has 1 rings (SSSR count). The summed E-state index contributed by atoms with van der Waals surface area (Å²) in [7, 11) is 0. The summed E-state index contributed by atoms with van der Waals surface area (Å²) in [6, 6.07) is 1.89. The van der Waals surface area contributed by atoms with Gasteiger partial charge in [0, 0.05) is 15.3 Å². The number of thiophene rings is 1. The fraction of sp³-hybridized carbons (Fsp3) is 0.583. The van der Waals surface area contributed by atoms with Gasteiger partial charge in [0.05, 0.1) is 6.61 Å². The molecule has 0 spiro atoms. The Bertz CT molecular complexity index is 394. The van der Waals surface area contributed by atoms with Crippen molar-refractivity contribution in [2.24, 2.45) is 0 Å². The van der Waals surface area contributed by atoms with E-state index in [-0.39, 0.29) is 11.5 Å². The van der Waals surface area contributed by atoms with Gasteiger partial charge in [-0.3, -0.25) is 4.72 Å². The number of carbonyl (C=O) groups excluding carboxylic acids is 1. The molecule has 0 radical (unpaired) electrons. The summed E-state index contributed by atoms with van der Waals surface area (Å²) in [5, 5.41) is 0. The van der Waals surface area contributed by atoms with Gasteiger partial charge in [0.2, 0.25) is 0 Å². The smallest absolute Gasteiger partial charge is 0.348 e. The summed E-state index contributed by atoms with van der Waals surface area (Å²) in [5.41, 5.74) is 0.0448. The maximum absolute atomic E-state index is 11.6. The molecule has 0 bridgehead atoms. The van der Waals surface area contributed by atoms with Gasteiger partial charge in [0.25, 0.3) is 0 Å². The highest BCUT2D eigenvalue weighted by Gasteiger charge is 2.16. The minimum Gasteiger partial charge on any atom is -0.462 e. The summed E-state index contributed by atoms with van der Waals surface area (Å²) < 4.78 is 8.32. The first-order chi connectivity index (χ1) is 7.83. The van der Waals surface area contributed by atoms with E-state index >= 15 is 0 Å². The number of esters is 1. The number of ether oxygens (including phenoxy) is 1. The zero-order valence-electron chi connectivity index (χ0n) is 10.9. The maximum atomic E-state index is 11.6. The van der Waals surface area contributed by atoms with Gasteiger partial charge >= 0.3 is 5.97 Å². The molecule has 1 heterocycles. The Balaban J connectivity index is 2.72. The standard InChI is InChI=1S/C12H19NO2S2/c1-6-15-11(14)10-7-9(8(2)16-10)17-13-12(3,4)5/h7,13H,6H2,1-5H3. The third kappa shape index (κ3) is 4.69. The zero-order valence-corrected chi connectivity index (χ0v) is 12.6. The van der Waals surface area contributed by atoms with E-state index in [1.807, 2.05) is 19.9 Å². The summed E-state index contributed by atoms with van der Waals surface area (Å²) in [5.74, 6) is -0.233. The molecule has 0 amide bonds. The SMILES string of the molecule is CCOC(=O)c1cc(SNC(C)(C)C)c(C)s1. The van der Waals surface area contributed by atoms with Crippen LogP contribution in [0.4, 0.5) is 0 Å². The van der Waals surface area contributed by atoms with E-state index in [4.69, 9.17) is 4.74 Å². The molecule has 3 nitrogen and oxygen atoms in total. The molecule has 0 atom stereocenters. The van der Waals surface area contributed by atoms with Crippen LogP contribution in [0.5, 0.6) is 0 Å². The van der Waals surface area contributed by atoms with Crippen LogP contribution in [0.25, 0.3) is 0 Å². The Kier molecular flexibility index (Phi) is 5.04. The van der Waals surface area contributed by atoms with Gasteiger partial charge in [-0.25, -0.2) is 4.79 Å². The van der Waals surface area contributed by atoms with Crippen molar-refractivity contribution in [3.8, 4) is 0 Å². The number of aryl methyl sites for hydroxylation is 1. The molecule has 0 saturated heterocycles. The van der Waals surface area contributed by atoms with E-state index in [0.29, 0.717) is 11.5 Å². The van der Waals surface area contributed by atoms with Crippen LogP contribution in [-0.4, -0.2) is 18.1 Å². The second-order valence-corrected chi connectivity index (χ2v) is 6.81. The lowest BCUT2D eigenvalue weighted by Gasteiger charge is -2.19. The Labute approximate surface area is 111 Å². The Morgan fingerprint density at radius 3 is 2.71 bits per heavy atom. The predicted molar refractivity (Wildman–Crippen MR) is 73.8 cm³/mol. The lowest BCUT2D eigenvalue weighted by atomic mass is 10.1. The minimum absolute atomic E-state index is 0.0448. The van der Waals surface area contributed by atoms with E-state index < -0.39 is 0 Å². The second-order valence-electron chi connectivity index (χ2n) is 4.71. The lowest BCUT2D eigenvalue weighted by Crippen LogP contribution is -2.29. The topological polar surface area (TPSA) is 38.3 Å². The van der Waals surface area contributed by atoms with E-state index in [1.54, 1.807) is 11.9 Å². The quantitative estimate of drug-likeness (QED) is 0.671. The molecular weight excluding hydrogens is 254 g/mol. The van der Waals surface area contributed by atoms with Crippen LogP contribution in [0, 0.1) is 6.92 Å². The van der Waals surface area contributed by atoms with Gasteiger partial charge in [0.1, 0.15) is 4.88 Å². The highest BCUT2D eigenvalue weighted by molar-refractivity contribution is 7.97. The highest BCUT2D eigenvalue weighted by atomic mass is 32.2. The number of rotatable bonds is 4. The Hall–Kier alpha value is -0.520. The monoisotopic (exact) mass is 273 g/mol. The van der Waals surface area contributed by atoms with Crippen LogP contribution in [0.1, 0.15) is 42.2 Å². The van der Waals surface area contributed by atoms with Crippen LogP contribution >= 0.6 is 23.3 Å². The largest absolute Gasteiger partial charge is 0.462 e. The fourth-order valence-electron chi connectivity index (χ4n) is 1.08. The minimum atomic E-state index is -0.233. The molecule has 0 aliphatic heterocycles. The van der Waals surface area contributed by atoms with Crippen molar-refractivity contribution in [2.75, 3.05) is 6.61 Å². The number of nitrogens with one attached hydrogen (secondary N) is 1. The van der Waals surface area contributed by atoms with Gasteiger partial charge in [-0.2, -0.15) is 0 Å². The number of hydrogen-bond acceptors (Lipinski definition) is 5. The third-order valence-corrected chi connectivity index (χ3v) is 4.33. The van der Waals surface area contributed by atoms with E-state index in [2.05, 4.69) is 25.5 Å². The number of hydrogen-bond donors (Lipinski definition) is 1. The van der Waals surface area contributed by atoms with Crippen molar-refractivity contribution < 1.29 is 9.53 Å². The van der Waals surface area contributed by atoms with Crippen LogP contribution < -0.4 is 4.72 Å². The van der Waals surface area contributed by atoms with Crippen LogP contribution in [0.3, 0.4) is 0 Å². The average molecular weight is 273 g/mol. The molecular formula is C12H19NO2S2. The van der Waals surface area contributed by atoms with Crippen LogP contribution in [0.15, 0.2) is 11.0 Å². The first-order valence-corrected chi connectivity index (χ1v) is 7.18. The Morgan fingerprint density at radius 1 is 1.53 bits per heavy atom. The summed E-state index contributed by atoms with van der Waals surface area (Å²) in [6.45, 7) is 10.6. The molecule has 0 aromatic carbocycles. The van der Waals surface area contributed by atoms with Crippen molar-refractivity contribution in [1.29, 1.82) is 0 Å². The molecule has 0 saturated carbocycles. The molecule has 1 N–H and O–H groups in total. The molecule has 17 heavy (non-hydrogen) atoms. The zero-order chi connectivity index (χ0) is 13.1.